The van der Waals surface area contributed by atoms with Crippen LogP contribution in [0.4, 0.5) is 5.95 Å². The summed E-state index contributed by atoms with van der Waals surface area (Å²) in [6, 6.07) is 1.35. The zero-order chi connectivity index (χ0) is 38.4. The Labute approximate surface area is 385 Å². The van der Waals surface area contributed by atoms with Crippen molar-refractivity contribution >= 4 is 28.7 Å². The molecule has 0 amide bonds. The van der Waals surface area contributed by atoms with Crippen LogP contribution in [-0.4, -0.2) is 72.4 Å². The molecule has 5 rings (SSSR count). The molecule has 3 aromatic rings. The molecule has 14 nitrogen and oxygen atoms in total. The molecule has 10 atom stereocenters. The summed E-state index contributed by atoms with van der Waals surface area (Å²) in [5.74, 6) is -0.552. The van der Waals surface area contributed by atoms with Gasteiger partial charge in [-0.15, -0.1) is 0 Å². The molecule has 2 aliphatic rings. The summed E-state index contributed by atoms with van der Waals surface area (Å²) in [6.45, 7) is 28.1. The molecule has 3 N–H and O–H groups in total. The van der Waals surface area contributed by atoms with E-state index in [1.165, 1.54) is 54.4 Å². The Morgan fingerprint density at radius 3 is 1.81 bits per heavy atom. The molecule has 20 heteroatoms. The average molecular weight is 1270 g/mol. The first-order valence-corrected chi connectivity index (χ1v) is 29.6. The van der Waals surface area contributed by atoms with Crippen molar-refractivity contribution in [1.82, 2.24) is 29.1 Å². The first kappa shape index (κ1) is 50.3. The van der Waals surface area contributed by atoms with E-state index in [-0.39, 0.29) is 112 Å². The van der Waals surface area contributed by atoms with Gasteiger partial charge in [-0.1, -0.05) is 0 Å². The zero-order valence-electron chi connectivity index (χ0n) is 33.0. The smallest absolute Gasteiger partial charge is 0 e. The van der Waals surface area contributed by atoms with Gasteiger partial charge in [-0.05, 0) is 6.92 Å². The molecule has 2 saturated heterocycles. The van der Waals surface area contributed by atoms with Gasteiger partial charge in [0, 0.05) is 65.4 Å². The Balaban J connectivity index is 0.000000360. The number of nitrogens with zero attached hydrogens (tertiary/aromatic N) is 5. The van der Waals surface area contributed by atoms with Gasteiger partial charge in [-0.2, -0.15) is 0 Å². The van der Waals surface area contributed by atoms with Gasteiger partial charge in [-0.3, -0.25) is 0 Å². The monoisotopic (exact) mass is 1270 g/mol. The molecular weight excluding hydrogens is 1210 g/mol. The average Bonchev–Trinajstić information content (AvgIpc) is 3.58. The van der Waals surface area contributed by atoms with Crippen LogP contribution < -0.4 is 21.7 Å². The van der Waals surface area contributed by atoms with Crippen LogP contribution in [0.1, 0.15) is 88.6 Å². The number of hydrogen-bond acceptors (Lipinski definition) is 11. The Kier molecular flexibility index (Phi) is 18.4. The number of fused-ring (bicyclic) bond motifs is 1. The van der Waals surface area contributed by atoms with Gasteiger partial charge in [0.1, 0.15) is 0 Å². The van der Waals surface area contributed by atoms with Crippen LogP contribution in [0.15, 0.2) is 28.2 Å². The fraction of sp³-hybridized carbons (Fsp3) is 0.727. The van der Waals surface area contributed by atoms with Crippen LogP contribution in [0.2, 0.25) is 0 Å². The maximum atomic E-state index is 12.2. The number of nitrogens with one attached hydrogen (secondary N) is 1. The normalized spacial score (nSPS) is 29.5. The molecule has 2 aliphatic heterocycles. The first-order valence-electron chi connectivity index (χ1n) is 17.2. The molecule has 2 fully saturated rings. The van der Waals surface area contributed by atoms with E-state index in [0.29, 0.717) is 23.7 Å². The summed E-state index contributed by atoms with van der Waals surface area (Å²) in [4.78, 5) is 38.9. The third-order valence-electron chi connectivity index (χ3n) is 11.3. The molecule has 2 radical (unpaired) electrons. The zero-order valence-corrected chi connectivity index (χ0v) is 46.6. The third kappa shape index (κ3) is 10.3. The molecule has 53 heavy (non-hydrogen) atoms. The van der Waals surface area contributed by atoms with Crippen molar-refractivity contribution in [2.75, 3.05) is 25.7 Å². The topological polar surface area (TPSA) is 171 Å². The summed E-state index contributed by atoms with van der Waals surface area (Å²) in [5.41, 5.74) is 4.93. The van der Waals surface area contributed by atoms with Crippen molar-refractivity contribution in [3.63, 3.8) is 0 Å². The maximum absolute atomic E-state index is 12.2. The van der Waals surface area contributed by atoms with Crippen molar-refractivity contribution in [2.45, 2.75) is 112 Å². The van der Waals surface area contributed by atoms with Crippen LogP contribution in [0.5, 0.6) is 5.88 Å². The number of H-pyrrole nitrogens is 1. The quantitative estimate of drug-likeness (QED) is 0.246. The predicted octanol–water partition coefficient (Wildman–Crippen LogP) is 5.49. The van der Waals surface area contributed by atoms with E-state index in [1.54, 1.807) is 6.33 Å². The molecule has 3 aromatic heterocycles. The number of anilines is 1. The summed E-state index contributed by atoms with van der Waals surface area (Å²) in [5, 5.41) is 0. The summed E-state index contributed by atoms with van der Waals surface area (Å²) < 4.78 is 34.5. The number of rotatable bonds is 10. The first-order chi connectivity index (χ1) is 23.5. The van der Waals surface area contributed by atoms with Crippen LogP contribution in [0, 0.1) is 22.7 Å². The molecule has 5 heterocycles. The maximum Gasteiger partial charge on any atom is 0 e. The molecule has 292 valence electrons. The number of aromatic amines is 1. The predicted molar refractivity (Wildman–Crippen MR) is 195 cm³/mol. The van der Waals surface area contributed by atoms with Crippen LogP contribution in [0.25, 0.3) is 11.2 Å². The molecule has 4 unspecified atom stereocenters. The van der Waals surface area contributed by atoms with Crippen molar-refractivity contribution < 1.29 is 126 Å². The van der Waals surface area contributed by atoms with E-state index < -0.39 is 40.2 Å². The van der Waals surface area contributed by atoms with E-state index >= 15 is 0 Å². The number of hydrogen-bond donors (Lipinski definition) is 2. The number of ether oxygens (including phenoxy) is 3. The fourth-order valence-electron chi connectivity index (χ4n) is 7.28. The summed E-state index contributed by atoms with van der Waals surface area (Å²) >= 11 is 2.98. The van der Waals surface area contributed by atoms with Crippen molar-refractivity contribution in [3.05, 3.63) is 39.4 Å². The van der Waals surface area contributed by atoms with E-state index in [2.05, 4.69) is 95.6 Å². The van der Waals surface area contributed by atoms with E-state index in [9.17, 15) is 9.59 Å². The third-order valence-corrected chi connectivity index (χ3v) is 14.7. The number of nitrogen functional groups attached to an aromatic ring is 1. The van der Waals surface area contributed by atoms with Crippen LogP contribution in [-0.2, 0) is 122 Å². The van der Waals surface area contributed by atoms with Gasteiger partial charge < -0.3 is 0 Å². The standard InChI is InChI=1S/C18H30N5O3P.C15H25N2O4P.2W.2Y/c1-8-24-14-12-13(21-16(19)22-14)23(9-20-12)15-17(4,5)10(2)18(6,25-15)11(3)26-27-7;1-9-14(3,4)12(17-8-7-11(18)16-13(17)19)20-15(9,5)10(2)21-22-6;;;;/h9-11,15,27H,8H2,1-7H3,(H2,19,21,22);7-10,12,22H,1-6H3,(H,16,18,19);;;;/t10-,11?,15+,18-;9-,10?,12+,15-;;;;/m00..../s1. The van der Waals surface area contributed by atoms with Gasteiger partial charge in [0.25, 0.3) is 0 Å². The SMILES string of the molecule is CC(O[PH](C)=[W])[C@@]1(C)O[C@@H](n2ccc(=O)[nH]c2=O)C(C)(C)[C@@H]1C.CCOc1nc(N)nc2c1ncn2[C@@H]1O[C@](C)(C(C)O[PH](C)=[W])[C@@H](C)C1(C)C.[Y].[Y]. The molecule has 0 spiro atoms. The minimum absolute atomic E-state index is 0. The Bertz CT molecular complexity index is 1910. The second-order valence-electron chi connectivity index (χ2n) is 15.1. The molecular formula is C33H55N7O7P2W2Y2. The second kappa shape index (κ2) is 19.5. The van der Waals surface area contributed by atoms with Crippen molar-refractivity contribution in [3.8, 4) is 5.88 Å². The summed E-state index contributed by atoms with van der Waals surface area (Å²) in [7, 11) is 0. The van der Waals surface area contributed by atoms with Gasteiger partial charge in [0.2, 0.25) is 0 Å². The largest absolute Gasteiger partial charge is 0 e. The van der Waals surface area contributed by atoms with Crippen LogP contribution >= 0.6 is 11.6 Å². The molecule has 0 saturated carbocycles. The summed E-state index contributed by atoms with van der Waals surface area (Å²) in [6.07, 6.45) is 2.49. The molecule has 0 bridgehead atoms. The Hall–Kier alpha value is 1.11. The number of nitrogens with two attached hydrogens (primary N) is 1. The van der Waals surface area contributed by atoms with Gasteiger partial charge >= 0.3 is 317 Å². The molecule has 0 aliphatic carbocycles. The molecule has 0 aromatic carbocycles. The van der Waals surface area contributed by atoms with E-state index in [1.807, 2.05) is 18.4 Å². The minimum atomic E-state index is -0.776. The van der Waals surface area contributed by atoms with Crippen LogP contribution in [0.3, 0.4) is 0 Å². The second-order valence-corrected chi connectivity index (χ2v) is 29.9. The minimum Gasteiger partial charge on any atom is 0 e. The van der Waals surface area contributed by atoms with Crippen molar-refractivity contribution in [2.24, 2.45) is 22.7 Å². The van der Waals surface area contributed by atoms with Gasteiger partial charge in [0.15, 0.2) is 0 Å². The van der Waals surface area contributed by atoms with E-state index in [4.69, 9.17) is 29.0 Å². The number of aromatic nitrogens is 6. The van der Waals surface area contributed by atoms with E-state index in [0.717, 1.165) is 0 Å². The number of imidazole rings is 1. The van der Waals surface area contributed by atoms with Gasteiger partial charge in [-0.25, -0.2) is 0 Å². The Morgan fingerprint density at radius 2 is 1.38 bits per heavy atom. The van der Waals surface area contributed by atoms with Gasteiger partial charge in [0.05, 0.1) is 0 Å². The fourth-order valence-corrected chi connectivity index (χ4v) is 11.9. The Morgan fingerprint density at radius 1 is 0.906 bits per heavy atom. The van der Waals surface area contributed by atoms with Crippen molar-refractivity contribution in [1.29, 1.82) is 0 Å².